The fourth-order valence-electron chi connectivity index (χ4n) is 3.67. The summed E-state index contributed by atoms with van der Waals surface area (Å²) in [6.45, 7) is 3.07. The van der Waals surface area contributed by atoms with Gasteiger partial charge in [0.15, 0.2) is 5.78 Å². The van der Waals surface area contributed by atoms with Gasteiger partial charge in [0.2, 0.25) is 0 Å². The van der Waals surface area contributed by atoms with Crippen LogP contribution in [-0.2, 0) is 14.3 Å². The van der Waals surface area contributed by atoms with E-state index in [2.05, 4.69) is 5.32 Å². The molecule has 0 amide bonds. The van der Waals surface area contributed by atoms with E-state index in [9.17, 15) is 4.79 Å². The van der Waals surface area contributed by atoms with Crippen LogP contribution in [0.15, 0.2) is 0 Å². The van der Waals surface area contributed by atoms with E-state index in [1.165, 1.54) is 11.5 Å². The minimum Gasteiger partial charge on any atom is -0.375 e. The fraction of sp³-hybridized carbons (Fsp3) is 0.938. The number of Topliss-reactive ketones (excluding diaryl/α,β-unsaturated/α-hetero) is 1. The molecule has 0 bridgehead atoms. The van der Waals surface area contributed by atoms with Gasteiger partial charge in [0, 0.05) is 12.5 Å². The number of hydrogen-bond donors (Lipinski definition) is 1. The zero-order valence-corrected chi connectivity index (χ0v) is 13.6. The maximum atomic E-state index is 12.5. The van der Waals surface area contributed by atoms with Crippen molar-refractivity contribution in [3.05, 3.63) is 0 Å². The maximum Gasteiger partial charge on any atom is 0.161 e. The molecule has 1 spiro atoms. The normalized spacial score (nSPS) is 30.4. The molecule has 4 nitrogen and oxygen atoms in total. The van der Waals surface area contributed by atoms with Crippen LogP contribution in [0.5, 0.6) is 0 Å². The third-order valence-electron chi connectivity index (χ3n) is 5.10. The monoisotopic (exact) mass is 313 g/mol. The Hall–Kier alpha value is -0.100. The smallest absolute Gasteiger partial charge is 0.161 e. The molecule has 3 rings (SSSR count). The molecule has 3 aliphatic rings. The van der Waals surface area contributed by atoms with Gasteiger partial charge in [-0.05, 0) is 63.1 Å². The van der Waals surface area contributed by atoms with Crippen LogP contribution in [-0.4, -0.2) is 55.3 Å². The molecule has 3 heterocycles. The molecular formula is C16H27NO3S. The lowest BCUT2D eigenvalue weighted by atomic mass is 9.80. The van der Waals surface area contributed by atoms with E-state index in [0.717, 1.165) is 58.2 Å². The number of carbonyl (C=O) groups is 1. The van der Waals surface area contributed by atoms with Crippen LogP contribution in [0.25, 0.3) is 0 Å². The highest BCUT2D eigenvalue weighted by atomic mass is 32.2. The van der Waals surface area contributed by atoms with E-state index >= 15 is 0 Å². The van der Waals surface area contributed by atoms with Crippen molar-refractivity contribution in [2.24, 2.45) is 5.92 Å². The zero-order valence-electron chi connectivity index (χ0n) is 12.8. The topological polar surface area (TPSA) is 47.6 Å². The first-order valence-electron chi connectivity index (χ1n) is 8.34. The second kappa shape index (κ2) is 7.44. The predicted molar refractivity (Wildman–Crippen MR) is 84.8 cm³/mol. The van der Waals surface area contributed by atoms with Crippen molar-refractivity contribution in [2.75, 3.05) is 37.8 Å². The van der Waals surface area contributed by atoms with Gasteiger partial charge >= 0.3 is 0 Å². The van der Waals surface area contributed by atoms with Crippen LogP contribution < -0.4 is 5.32 Å². The minimum atomic E-state index is -0.00140. The van der Waals surface area contributed by atoms with Crippen LogP contribution in [0.1, 0.15) is 38.5 Å². The molecule has 1 N–H and O–H groups in total. The Bertz CT molecular complexity index is 346. The summed E-state index contributed by atoms with van der Waals surface area (Å²) in [6, 6.07) is 0. The van der Waals surface area contributed by atoms with E-state index in [0.29, 0.717) is 12.4 Å². The highest BCUT2D eigenvalue weighted by molar-refractivity contribution is 7.99. The Morgan fingerprint density at radius 2 is 2.00 bits per heavy atom. The number of thioether (sulfide) groups is 1. The van der Waals surface area contributed by atoms with Gasteiger partial charge in [0.05, 0.1) is 11.7 Å². The summed E-state index contributed by atoms with van der Waals surface area (Å²) < 4.78 is 11.9. The third kappa shape index (κ3) is 4.21. The van der Waals surface area contributed by atoms with Crippen molar-refractivity contribution in [3.8, 4) is 0 Å². The highest BCUT2D eigenvalue weighted by Gasteiger charge is 2.40. The summed E-state index contributed by atoms with van der Waals surface area (Å²) in [5, 5.41) is 3.32. The van der Waals surface area contributed by atoms with Crippen LogP contribution in [0.3, 0.4) is 0 Å². The fourth-order valence-corrected chi connectivity index (χ4v) is 4.91. The number of nitrogens with one attached hydrogen (secondary N) is 1. The van der Waals surface area contributed by atoms with Gasteiger partial charge in [0.1, 0.15) is 6.61 Å². The Labute approximate surface area is 131 Å². The van der Waals surface area contributed by atoms with E-state index < -0.39 is 0 Å². The lowest BCUT2D eigenvalue weighted by molar-refractivity contribution is -0.144. The van der Waals surface area contributed by atoms with E-state index in [-0.39, 0.29) is 17.6 Å². The van der Waals surface area contributed by atoms with Crippen molar-refractivity contribution in [2.45, 2.75) is 50.2 Å². The molecule has 0 saturated carbocycles. The summed E-state index contributed by atoms with van der Waals surface area (Å²) in [4.78, 5) is 12.5. The Morgan fingerprint density at radius 1 is 1.24 bits per heavy atom. The number of rotatable bonds is 4. The van der Waals surface area contributed by atoms with Crippen LogP contribution in [0.4, 0.5) is 0 Å². The second-order valence-corrected chi connectivity index (χ2v) is 7.78. The molecule has 0 aromatic rings. The van der Waals surface area contributed by atoms with Gasteiger partial charge < -0.3 is 14.8 Å². The summed E-state index contributed by atoms with van der Waals surface area (Å²) in [5.41, 5.74) is -0.00140. The van der Waals surface area contributed by atoms with Crippen molar-refractivity contribution in [1.82, 2.24) is 5.32 Å². The summed E-state index contributed by atoms with van der Waals surface area (Å²) in [5.74, 6) is 2.80. The van der Waals surface area contributed by atoms with Crippen molar-refractivity contribution in [1.29, 1.82) is 0 Å². The lowest BCUT2D eigenvalue weighted by Gasteiger charge is -2.43. The quantitative estimate of drug-likeness (QED) is 0.860. The first-order valence-corrected chi connectivity index (χ1v) is 9.50. The molecule has 21 heavy (non-hydrogen) atoms. The summed E-state index contributed by atoms with van der Waals surface area (Å²) >= 11 is 2.01. The molecule has 5 heteroatoms. The number of hydrogen-bond acceptors (Lipinski definition) is 5. The van der Waals surface area contributed by atoms with Gasteiger partial charge in [0.25, 0.3) is 0 Å². The molecule has 0 aromatic carbocycles. The Balaban J connectivity index is 1.47. The average Bonchev–Trinajstić information content (AvgIpc) is 2.54. The lowest BCUT2D eigenvalue weighted by Crippen LogP contribution is -2.45. The van der Waals surface area contributed by atoms with Gasteiger partial charge in [-0.2, -0.15) is 11.8 Å². The minimum absolute atomic E-state index is 0.00140. The first kappa shape index (κ1) is 15.8. The number of carbonyl (C=O) groups excluding carboxylic acids is 1. The van der Waals surface area contributed by atoms with Crippen molar-refractivity contribution >= 4 is 17.5 Å². The highest BCUT2D eigenvalue weighted by Crippen LogP contribution is 2.40. The number of ketones is 1. The summed E-state index contributed by atoms with van der Waals surface area (Å²) in [6.07, 6.45) is 6.35. The summed E-state index contributed by atoms with van der Waals surface area (Å²) in [7, 11) is 0. The Morgan fingerprint density at radius 3 is 2.76 bits per heavy atom. The molecule has 120 valence electrons. The molecule has 3 saturated heterocycles. The molecule has 3 aliphatic heterocycles. The van der Waals surface area contributed by atoms with E-state index in [1.54, 1.807) is 0 Å². The van der Waals surface area contributed by atoms with Gasteiger partial charge in [-0.1, -0.05) is 0 Å². The van der Waals surface area contributed by atoms with E-state index in [1.807, 2.05) is 11.8 Å². The average molecular weight is 313 g/mol. The molecule has 0 aromatic heterocycles. The molecule has 1 atom stereocenters. The molecular weight excluding hydrogens is 286 g/mol. The van der Waals surface area contributed by atoms with Crippen molar-refractivity contribution < 1.29 is 14.3 Å². The maximum absolute atomic E-state index is 12.5. The zero-order chi connectivity index (χ0) is 14.5. The van der Waals surface area contributed by atoms with E-state index in [4.69, 9.17) is 9.47 Å². The van der Waals surface area contributed by atoms with Gasteiger partial charge in [-0.15, -0.1) is 0 Å². The van der Waals surface area contributed by atoms with Crippen LogP contribution in [0, 0.1) is 5.92 Å². The molecule has 3 fully saturated rings. The second-order valence-electron chi connectivity index (χ2n) is 6.56. The number of ether oxygens (including phenoxy) is 2. The molecule has 0 aliphatic carbocycles. The molecule has 0 radical (unpaired) electrons. The van der Waals surface area contributed by atoms with Gasteiger partial charge in [-0.3, -0.25) is 4.79 Å². The standard InChI is InChI=1S/C16H27NO3S/c18-15(12-19-14-1-6-17-7-2-14)13-3-8-20-16(11-13)4-9-21-10-5-16/h13-14,17H,1-12H2. The van der Waals surface area contributed by atoms with Gasteiger partial charge in [-0.25, -0.2) is 0 Å². The Kier molecular flexibility index (Phi) is 5.60. The largest absolute Gasteiger partial charge is 0.375 e. The molecule has 1 unspecified atom stereocenters. The number of piperidine rings is 1. The SMILES string of the molecule is O=C(COC1CCNCC1)C1CCOC2(CCSCC2)C1. The first-order chi connectivity index (χ1) is 10.3. The predicted octanol–water partition coefficient (Wildman–Crippen LogP) is 2.02. The third-order valence-corrected chi connectivity index (χ3v) is 6.09. The van der Waals surface area contributed by atoms with Crippen LogP contribution >= 0.6 is 11.8 Å². The van der Waals surface area contributed by atoms with Crippen molar-refractivity contribution in [3.63, 3.8) is 0 Å². The van der Waals surface area contributed by atoms with Crippen LogP contribution in [0.2, 0.25) is 0 Å².